The van der Waals surface area contributed by atoms with Crippen LogP contribution in [0.5, 0.6) is 0 Å². The molecule has 0 aromatic heterocycles. The van der Waals surface area contributed by atoms with Gasteiger partial charge in [0.15, 0.2) is 0 Å². The van der Waals surface area contributed by atoms with E-state index in [2.05, 4.69) is 0 Å². The van der Waals surface area contributed by atoms with Crippen LogP contribution in [0.1, 0.15) is 58.2 Å². The van der Waals surface area contributed by atoms with Gasteiger partial charge in [-0.25, -0.2) is 14.4 Å². The molecular weight excluding hydrogens is 520 g/mol. The minimum absolute atomic E-state index is 0.0659. The molecule has 1 unspecified atom stereocenters. The van der Waals surface area contributed by atoms with E-state index in [1.807, 2.05) is 36.3 Å². The van der Waals surface area contributed by atoms with Gasteiger partial charge in [0, 0.05) is 0 Å². The van der Waals surface area contributed by atoms with Crippen LogP contribution in [-0.4, -0.2) is 43.7 Å². The van der Waals surface area contributed by atoms with E-state index in [0.29, 0.717) is 39.0 Å². The SMILES string of the molecule is CCOC(=O)c1cccc(C2=CC(=C=O)C(C(=O)OCC)C(c3ccccc3)=C2c2ccccc2C(=O)OCC)c1. The Labute approximate surface area is 238 Å². The van der Waals surface area contributed by atoms with Gasteiger partial charge in [0.1, 0.15) is 11.9 Å². The molecule has 0 amide bonds. The molecule has 7 nitrogen and oxygen atoms in total. The molecule has 1 atom stereocenters. The first-order valence-electron chi connectivity index (χ1n) is 13.4. The van der Waals surface area contributed by atoms with Crippen LogP contribution in [-0.2, 0) is 23.8 Å². The fraction of sp³-hybridized carbons (Fsp3) is 0.206. The molecule has 7 heteroatoms. The highest BCUT2D eigenvalue weighted by molar-refractivity contribution is 6.23. The highest BCUT2D eigenvalue weighted by atomic mass is 16.5. The maximum absolute atomic E-state index is 13.5. The lowest BCUT2D eigenvalue weighted by atomic mass is 9.72. The van der Waals surface area contributed by atoms with Gasteiger partial charge in [-0.2, -0.15) is 0 Å². The van der Waals surface area contributed by atoms with Crippen LogP contribution in [0, 0.1) is 5.92 Å². The highest BCUT2D eigenvalue weighted by Crippen LogP contribution is 2.48. The summed E-state index contributed by atoms with van der Waals surface area (Å²) in [7, 11) is 0. The lowest BCUT2D eigenvalue weighted by Gasteiger charge is -2.30. The summed E-state index contributed by atoms with van der Waals surface area (Å²) in [5.41, 5.74) is 3.90. The summed E-state index contributed by atoms with van der Waals surface area (Å²) in [5, 5.41) is 0. The lowest BCUT2D eigenvalue weighted by molar-refractivity contribution is -0.144. The molecule has 4 rings (SSSR count). The summed E-state index contributed by atoms with van der Waals surface area (Å²) < 4.78 is 16.0. The average Bonchev–Trinajstić information content (AvgIpc) is 3.00. The van der Waals surface area contributed by atoms with E-state index in [1.165, 1.54) is 0 Å². The largest absolute Gasteiger partial charge is 0.465 e. The van der Waals surface area contributed by atoms with Crippen molar-refractivity contribution in [1.82, 2.24) is 0 Å². The summed E-state index contributed by atoms with van der Waals surface area (Å²) >= 11 is 0. The van der Waals surface area contributed by atoms with Gasteiger partial charge in [-0.15, -0.1) is 0 Å². The van der Waals surface area contributed by atoms with Crippen LogP contribution in [0.2, 0.25) is 0 Å². The van der Waals surface area contributed by atoms with Crippen LogP contribution < -0.4 is 0 Å². The maximum atomic E-state index is 13.5. The smallest absolute Gasteiger partial charge is 0.338 e. The highest BCUT2D eigenvalue weighted by Gasteiger charge is 2.38. The third-order valence-corrected chi connectivity index (χ3v) is 6.54. The van der Waals surface area contributed by atoms with Crippen LogP contribution >= 0.6 is 0 Å². The lowest BCUT2D eigenvalue weighted by Crippen LogP contribution is -2.25. The van der Waals surface area contributed by atoms with E-state index in [0.717, 1.165) is 0 Å². The van der Waals surface area contributed by atoms with Crippen molar-refractivity contribution < 1.29 is 33.4 Å². The van der Waals surface area contributed by atoms with Gasteiger partial charge in [0.05, 0.1) is 36.5 Å². The van der Waals surface area contributed by atoms with Gasteiger partial charge >= 0.3 is 17.9 Å². The number of rotatable bonds is 9. The number of esters is 3. The molecule has 0 spiro atoms. The number of carbonyl (C=O) groups is 3. The topological polar surface area (TPSA) is 96.0 Å². The number of ether oxygens (including phenoxy) is 3. The normalized spacial score (nSPS) is 14.6. The molecular formula is C34H30O7. The summed E-state index contributed by atoms with van der Waals surface area (Å²) in [6, 6.07) is 22.9. The Balaban J connectivity index is 2.13. The van der Waals surface area contributed by atoms with Crippen molar-refractivity contribution in [2.24, 2.45) is 5.92 Å². The van der Waals surface area contributed by atoms with Crippen LogP contribution in [0.25, 0.3) is 16.7 Å². The zero-order valence-electron chi connectivity index (χ0n) is 23.1. The Morgan fingerprint density at radius 1 is 0.732 bits per heavy atom. The van der Waals surface area contributed by atoms with Crippen molar-refractivity contribution in [3.8, 4) is 0 Å². The first-order valence-corrected chi connectivity index (χ1v) is 13.4. The zero-order valence-corrected chi connectivity index (χ0v) is 23.1. The first-order chi connectivity index (χ1) is 19.9. The molecule has 0 fully saturated rings. The molecule has 208 valence electrons. The van der Waals surface area contributed by atoms with Crippen molar-refractivity contribution in [3.05, 3.63) is 118 Å². The fourth-order valence-electron chi connectivity index (χ4n) is 4.88. The summed E-state index contributed by atoms with van der Waals surface area (Å²) in [6.07, 6.45) is 1.57. The van der Waals surface area contributed by atoms with Crippen LogP contribution in [0.15, 0.2) is 90.5 Å². The Morgan fingerprint density at radius 3 is 2.05 bits per heavy atom. The molecule has 0 saturated heterocycles. The first kappa shape index (κ1) is 29.0. The van der Waals surface area contributed by atoms with E-state index in [1.54, 1.807) is 75.4 Å². The predicted molar refractivity (Wildman–Crippen MR) is 155 cm³/mol. The maximum Gasteiger partial charge on any atom is 0.338 e. The fourth-order valence-corrected chi connectivity index (χ4v) is 4.88. The quantitative estimate of drug-likeness (QED) is 0.184. The second kappa shape index (κ2) is 13.4. The van der Waals surface area contributed by atoms with Crippen LogP contribution in [0.3, 0.4) is 0 Å². The Kier molecular flexibility index (Phi) is 9.46. The molecule has 0 bridgehead atoms. The van der Waals surface area contributed by atoms with Gasteiger partial charge < -0.3 is 14.2 Å². The number of benzene rings is 3. The van der Waals surface area contributed by atoms with E-state index >= 15 is 0 Å². The van der Waals surface area contributed by atoms with E-state index < -0.39 is 23.8 Å². The third kappa shape index (κ3) is 6.11. The van der Waals surface area contributed by atoms with Crippen molar-refractivity contribution in [1.29, 1.82) is 0 Å². The number of hydrogen-bond acceptors (Lipinski definition) is 7. The minimum Gasteiger partial charge on any atom is -0.465 e. The summed E-state index contributed by atoms with van der Waals surface area (Å²) in [5.74, 6) is -0.814. The Morgan fingerprint density at radius 2 is 1.37 bits per heavy atom. The Hall–Kier alpha value is -5.00. The average molecular weight is 551 g/mol. The van der Waals surface area contributed by atoms with Gasteiger partial charge in [-0.1, -0.05) is 60.7 Å². The van der Waals surface area contributed by atoms with Crippen LogP contribution in [0.4, 0.5) is 0 Å². The molecule has 3 aromatic rings. The molecule has 3 aromatic carbocycles. The van der Waals surface area contributed by atoms with E-state index in [9.17, 15) is 19.2 Å². The monoisotopic (exact) mass is 550 g/mol. The number of carbonyl (C=O) groups excluding carboxylic acids is 4. The molecule has 0 saturated carbocycles. The third-order valence-electron chi connectivity index (χ3n) is 6.54. The molecule has 0 heterocycles. The van der Waals surface area contributed by atoms with Crippen molar-refractivity contribution >= 4 is 40.6 Å². The zero-order chi connectivity index (χ0) is 29.4. The number of allylic oxidation sites excluding steroid dienone is 3. The minimum atomic E-state index is -1.11. The number of hydrogen-bond donors (Lipinski definition) is 0. The molecule has 0 aliphatic heterocycles. The second-order valence-corrected chi connectivity index (χ2v) is 9.02. The van der Waals surface area contributed by atoms with Gasteiger partial charge in [0.2, 0.25) is 0 Å². The standard InChI is InChI=1S/C34H30O7/c1-4-39-32(36)24-16-12-15-23(19-24)28-20-25(21-35)30(34(38)41-6-3)29(22-13-8-7-9-14-22)31(28)26-17-10-11-18-27(26)33(37)40-5-2/h7-20,30H,4-6H2,1-3H3. The van der Waals surface area contributed by atoms with E-state index in [-0.39, 0.29) is 31.0 Å². The molecule has 0 N–H and O–H groups in total. The van der Waals surface area contributed by atoms with Gasteiger partial charge in [0.25, 0.3) is 0 Å². The second-order valence-electron chi connectivity index (χ2n) is 9.02. The summed E-state index contributed by atoms with van der Waals surface area (Å²) in [4.78, 5) is 51.7. The molecule has 0 radical (unpaired) electrons. The van der Waals surface area contributed by atoms with Gasteiger partial charge in [-0.3, -0.25) is 4.79 Å². The predicted octanol–water partition coefficient (Wildman–Crippen LogP) is 5.99. The van der Waals surface area contributed by atoms with Crippen molar-refractivity contribution in [2.45, 2.75) is 20.8 Å². The Bertz CT molecular complexity index is 1570. The van der Waals surface area contributed by atoms with Gasteiger partial charge in [-0.05, 0) is 78.5 Å². The summed E-state index contributed by atoms with van der Waals surface area (Å²) in [6.45, 7) is 5.63. The molecule has 1 aliphatic rings. The molecule has 41 heavy (non-hydrogen) atoms. The molecule has 1 aliphatic carbocycles. The van der Waals surface area contributed by atoms with E-state index in [4.69, 9.17) is 14.2 Å². The van der Waals surface area contributed by atoms with Crippen molar-refractivity contribution in [2.75, 3.05) is 19.8 Å². The van der Waals surface area contributed by atoms with Crippen molar-refractivity contribution in [3.63, 3.8) is 0 Å².